The number of aryl methyl sites for hydroxylation is 1. The van der Waals surface area contributed by atoms with Gasteiger partial charge in [0.1, 0.15) is 6.61 Å². The van der Waals surface area contributed by atoms with E-state index in [1.807, 2.05) is 43.6 Å². The summed E-state index contributed by atoms with van der Waals surface area (Å²) in [6.45, 7) is 1.17. The second-order valence-corrected chi connectivity index (χ2v) is 6.29. The molecule has 8 heteroatoms. The number of aromatic nitrogens is 2. The molecule has 1 N–H and O–H groups in total. The number of benzene rings is 2. The highest BCUT2D eigenvalue weighted by molar-refractivity contribution is 5.54. The van der Waals surface area contributed by atoms with Crippen LogP contribution in [0, 0.1) is 10.1 Å². The number of hydrogen-bond donors (Lipinski definition) is 1. The summed E-state index contributed by atoms with van der Waals surface area (Å²) in [6, 6.07) is 12.7. The number of nitrogens with one attached hydrogen (secondary N) is 1. The smallest absolute Gasteiger partial charge is 0.277 e. The molecule has 0 saturated carbocycles. The summed E-state index contributed by atoms with van der Waals surface area (Å²) in [5.41, 5.74) is 2.48. The summed E-state index contributed by atoms with van der Waals surface area (Å²) in [5, 5.41) is 18.9. The minimum atomic E-state index is -0.407. The third-order valence-electron chi connectivity index (χ3n) is 4.20. The molecular formula is C20H22N4O4. The molecule has 0 spiro atoms. The van der Waals surface area contributed by atoms with Gasteiger partial charge in [0.2, 0.25) is 0 Å². The molecule has 0 aliphatic heterocycles. The summed E-state index contributed by atoms with van der Waals surface area (Å²) in [5.74, 6) is 0.800. The van der Waals surface area contributed by atoms with Crippen molar-refractivity contribution in [1.82, 2.24) is 15.1 Å². The molecule has 8 nitrogen and oxygen atoms in total. The Hall–Kier alpha value is -3.39. The minimum Gasteiger partial charge on any atom is -0.493 e. The lowest BCUT2D eigenvalue weighted by atomic mass is 10.1. The van der Waals surface area contributed by atoms with E-state index in [4.69, 9.17) is 9.47 Å². The minimum absolute atomic E-state index is 0.0115. The van der Waals surface area contributed by atoms with Crippen LogP contribution in [0.4, 0.5) is 5.69 Å². The number of nitro benzene ring substituents is 1. The first-order valence-electron chi connectivity index (χ1n) is 8.77. The van der Waals surface area contributed by atoms with E-state index in [9.17, 15) is 10.1 Å². The van der Waals surface area contributed by atoms with Crippen LogP contribution in [-0.4, -0.2) is 21.8 Å². The molecule has 0 amide bonds. The van der Waals surface area contributed by atoms with Crippen molar-refractivity contribution in [3.05, 3.63) is 81.7 Å². The second-order valence-electron chi connectivity index (χ2n) is 6.29. The van der Waals surface area contributed by atoms with Crippen LogP contribution in [-0.2, 0) is 26.7 Å². The molecule has 0 saturated heterocycles. The topological polar surface area (TPSA) is 91.5 Å². The normalized spacial score (nSPS) is 10.6. The summed E-state index contributed by atoms with van der Waals surface area (Å²) >= 11 is 0. The van der Waals surface area contributed by atoms with Crippen LogP contribution in [0.15, 0.2) is 54.9 Å². The van der Waals surface area contributed by atoms with E-state index in [-0.39, 0.29) is 5.69 Å². The van der Waals surface area contributed by atoms with E-state index in [0.717, 1.165) is 11.1 Å². The number of nitro groups is 1. The Morgan fingerprint density at radius 2 is 1.93 bits per heavy atom. The van der Waals surface area contributed by atoms with Gasteiger partial charge in [-0.1, -0.05) is 30.3 Å². The van der Waals surface area contributed by atoms with Gasteiger partial charge in [-0.3, -0.25) is 14.8 Å². The summed E-state index contributed by atoms with van der Waals surface area (Å²) < 4.78 is 12.9. The Balaban J connectivity index is 1.75. The van der Waals surface area contributed by atoms with Crippen LogP contribution in [0.25, 0.3) is 0 Å². The molecule has 0 radical (unpaired) electrons. The molecule has 146 valence electrons. The molecule has 0 aliphatic rings. The number of hydrogen-bond acceptors (Lipinski definition) is 6. The van der Waals surface area contributed by atoms with Crippen molar-refractivity contribution in [2.24, 2.45) is 7.05 Å². The number of methoxy groups -OCH3 is 1. The van der Waals surface area contributed by atoms with Crippen LogP contribution < -0.4 is 14.8 Å². The third-order valence-corrected chi connectivity index (χ3v) is 4.20. The molecule has 1 aromatic heterocycles. The molecule has 0 fully saturated rings. The lowest BCUT2D eigenvalue weighted by molar-refractivity contribution is -0.385. The summed E-state index contributed by atoms with van der Waals surface area (Å²) in [6.07, 6.45) is 3.64. The Bertz CT molecular complexity index is 941. The van der Waals surface area contributed by atoms with E-state index in [1.165, 1.54) is 13.2 Å². The maximum Gasteiger partial charge on any atom is 0.277 e. The Morgan fingerprint density at radius 3 is 2.57 bits per heavy atom. The standard InChI is InChI=1S/C20H22N4O4/c1-23-13-16(11-22-23)10-21-12-17-8-19(27-2)20(9-18(17)24(25)26)28-14-15-6-4-3-5-7-15/h3-9,11,13,21H,10,12,14H2,1-2H3. The lowest BCUT2D eigenvalue weighted by Gasteiger charge is -2.13. The molecule has 2 aromatic carbocycles. The molecule has 0 aliphatic carbocycles. The second kappa shape index (κ2) is 9.01. The Morgan fingerprint density at radius 1 is 1.14 bits per heavy atom. The van der Waals surface area contributed by atoms with Gasteiger partial charge in [-0.25, -0.2) is 0 Å². The maximum absolute atomic E-state index is 11.6. The number of rotatable bonds is 9. The largest absolute Gasteiger partial charge is 0.493 e. The van der Waals surface area contributed by atoms with Crippen molar-refractivity contribution in [3.8, 4) is 11.5 Å². The fourth-order valence-corrected chi connectivity index (χ4v) is 2.82. The zero-order valence-electron chi connectivity index (χ0n) is 15.8. The van der Waals surface area contributed by atoms with Gasteiger partial charge in [-0.05, 0) is 11.6 Å². The molecule has 1 heterocycles. The van der Waals surface area contributed by atoms with E-state index >= 15 is 0 Å². The van der Waals surface area contributed by atoms with Gasteiger partial charge in [0.25, 0.3) is 5.69 Å². The van der Waals surface area contributed by atoms with Crippen molar-refractivity contribution in [2.45, 2.75) is 19.7 Å². The quantitative estimate of drug-likeness (QED) is 0.451. The van der Waals surface area contributed by atoms with E-state index in [0.29, 0.717) is 36.8 Å². The molecule has 0 unspecified atom stereocenters. The molecule has 0 atom stereocenters. The van der Waals surface area contributed by atoms with E-state index in [2.05, 4.69) is 10.4 Å². The first kappa shape index (κ1) is 19.4. The molecular weight excluding hydrogens is 360 g/mol. The van der Waals surface area contributed by atoms with Crippen molar-refractivity contribution >= 4 is 5.69 Å². The average molecular weight is 382 g/mol. The monoisotopic (exact) mass is 382 g/mol. The first-order chi connectivity index (χ1) is 13.6. The van der Waals surface area contributed by atoms with Crippen molar-refractivity contribution in [2.75, 3.05) is 7.11 Å². The highest BCUT2D eigenvalue weighted by atomic mass is 16.6. The van der Waals surface area contributed by atoms with Gasteiger partial charge in [0.05, 0.1) is 24.3 Å². The van der Waals surface area contributed by atoms with Crippen LogP contribution in [0.5, 0.6) is 11.5 Å². The molecule has 28 heavy (non-hydrogen) atoms. The van der Waals surface area contributed by atoms with Gasteiger partial charge >= 0.3 is 0 Å². The van der Waals surface area contributed by atoms with Crippen molar-refractivity contribution < 1.29 is 14.4 Å². The fraction of sp³-hybridized carbons (Fsp3) is 0.250. The highest BCUT2D eigenvalue weighted by Gasteiger charge is 2.19. The average Bonchev–Trinajstić information content (AvgIpc) is 3.12. The number of nitrogens with zero attached hydrogens (tertiary/aromatic N) is 3. The van der Waals surface area contributed by atoms with Crippen LogP contribution in [0.1, 0.15) is 16.7 Å². The van der Waals surface area contributed by atoms with Crippen molar-refractivity contribution in [1.29, 1.82) is 0 Å². The van der Waals surface area contributed by atoms with Crippen LogP contribution in [0.3, 0.4) is 0 Å². The maximum atomic E-state index is 11.6. The molecule has 3 aromatic rings. The van der Waals surface area contributed by atoms with Gasteiger partial charge in [-0.15, -0.1) is 0 Å². The molecule has 0 bridgehead atoms. The highest BCUT2D eigenvalue weighted by Crippen LogP contribution is 2.35. The lowest BCUT2D eigenvalue weighted by Crippen LogP contribution is -2.14. The third kappa shape index (κ3) is 4.86. The Kier molecular flexibility index (Phi) is 6.23. The van der Waals surface area contributed by atoms with Crippen LogP contribution >= 0.6 is 0 Å². The summed E-state index contributed by atoms with van der Waals surface area (Å²) in [4.78, 5) is 11.1. The zero-order chi connectivity index (χ0) is 19.9. The predicted octanol–water partition coefficient (Wildman–Crippen LogP) is 3.21. The summed E-state index contributed by atoms with van der Waals surface area (Å²) in [7, 11) is 3.36. The van der Waals surface area contributed by atoms with Crippen molar-refractivity contribution in [3.63, 3.8) is 0 Å². The Labute approximate surface area is 162 Å². The van der Waals surface area contributed by atoms with E-state index < -0.39 is 4.92 Å². The fourth-order valence-electron chi connectivity index (χ4n) is 2.82. The zero-order valence-corrected chi connectivity index (χ0v) is 15.8. The SMILES string of the molecule is COc1cc(CNCc2cnn(C)c2)c([N+](=O)[O-])cc1OCc1ccccc1. The number of ether oxygens (including phenoxy) is 2. The van der Waals surface area contributed by atoms with Crippen LogP contribution in [0.2, 0.25) is 0 Å². The van der Waals surface area contributed by atoms with E-state index in [1.54, 1.807) is 16.9 Å². The van der Waals surface area contributed by atoms with Gasteiger partial charge in [0, 0.05) is 37.5 Å². The van der Waals surface area contributed by atoms with Gasteiger partial charge in [-0.2, -0.15) is 5.10 Å². The first-order valence-corrected chi connectivity index (χ1v) is 8.77. The molecule has 3 rings (SSSR count). The van der Waals surface area contributed by atoms with Gasteiger partial charge in [0.15, 0.2) is 11.5 Å². The predicted molar refractivity (Wildman–Crippen MR) is 104 cm³/mol. The van der Waals surface area contributed by atoms with Gasteiger partial charge < -0.3 is 14.8 Å².